The summed E-state index contributed by atoms with van der Waals surface area (Å²) < 4.78 is 2.72. The summed E-state index contributed by atoms with van der Waals surface area (Å²) in [7, 11) is 0. The Kier molecular flexibility index (Phi) is 4.12. The zero-order valence-corrected chi connectivity index (χ0v) is 14.2. The van der Waals surface area contributed by atoms with E-state index in [1.165, 1.54) is 0 Å². The van der Waals surface area contributed by atoms with E-state index in [1.807, 2.05) is 48.5 Å². The summed E-state index contributed by atoms with van der Waals surface area (Å²) in [5, 5.41) is 0.651. The molecule has 0 bridgehead atoms. The third kappa shape index (κ3) is 2.83. The number of aromatic nitrogens is 2. The Bertz CT molecular complexity index is 866. The lowest BCUT2D eigenvalue weighted by molar-refractivity contribution is 0.606. The molecular formula is C18H17BrN2O. The van der Waals surface area contributed by atoms with E-state index in [-0.39, 0.29) is 5.56 Å². The van der Waals surface area contributed by atoms with Gasteiger partial charge >= 0.3 is 0 Å². The lowest BCUT2D eigenvalue weighted by Gasteiger charge is -2.15. The number of benzene rings is 2. The second-order valence-corrected chi connectivity index (χ2v) is 6.68. The van der Waals surface area contributed by atoms with Gasteiger partial charge in [0.25, 0.3) is 5.56 Å². The monoisotopic (exact) mass is 356 g/mol. The largest absolute Gasteiger partial charge is 0.268 e. The fraction of sp³-hybridized carbons (Fsp3) is 0.222. The molecule has 0 fully saturated rings. The molecule has 0 atom stereocenters. The van der Waals surface area contributed by atoms with Gasteiger partial charge in [-0.15, -0.1) is 0 Å². The normalized spacial score (nSPS) is 11.3. The molecule has 0 saturated heterocycles. The molecular weight excluding hydrogens is 340 g/mol. The van der Waals surface area contributed by atoms with Crippen molar-refractivity contribution in [2.24, 2.45) is 5.92 Å². The molecule has 0 spiro atoms. The van der Waals surface area contributed by atoms with Gasteiger partial charge in [-0.25, -0.2) is 4.98 Å². The Labute approximate surface area is 137 Å². The van der Waals surface area contributed by atoms with Gasteiger partial charge in [-0.3, -0.25) is 9.36 Å². The summed E-state index contributed by atoms with van der Waals surface area (Å²) in [6, 6.07) is 15.3. The molecule has 0 aliphatic heterocycles. The fourth-order valence-electron chi connectivity index (χ4n) is 2.54. The van der Waals surface area contributed by atoms with Gasteiger partial charge in [0.2, 0.25) is 0 Å². The fourth-order valence-corrected chi connectivity index (χ4v) is 2.80. The summed E-state index contributed by atoms with van der Waals surface area (Å²) >= 11 is 3.43. The molecule has 0 saturated carbocycles. The highest BCUT2D eigenvalue weighted by Crippen LogP contribution is 2.17. The number of fused-ring (bicyclic) bond motifs is 1. The first kappa shape index (κ1) is 15.0. The van der Waals surface area contributed by atoms with Crippen LogP contribution in [0.25, 0.3) is 16.6 Å². The van der Waals surface area contributed by atoms with Crippen LogP contribution in [0.3, 0.4) is 0 Å². The SMILES string of the molecule is CC(C)Cc1nc2ccccc2c(=O)n1-c1ccc(Br)cc1. The minimum absolute atomic E-state index is 0.0106. The molecule has 3 aromatic rings. The van der Waals surface area contributed by atoms with Crippen molar-refractivity contribution in [2.75, 3.05) is 0 Å². The van der Waals surface area contributed by atoms with Crippen LogP contribution in [0.4, 0.5) is 0 Å². The molecule has 3 nitrogen and oxygen atoms in total. The van der Waals surface area contributed by atoms with Crippen molar-refractivity contribution in [3.8, 4) is 5.69 Å². The number of hydrogen-bond acceptors (Lipinski definition) is 2. The first-order chi connectivity index (χ1) is 10.6. The van der Waals surface area contributed by atoms with Crippen LogP contribution in [0.5, 0.6) is 0 Å². The van der Waals surface area contributed by atoms with Crippen molar-refractivity contribution in [2.45, 2.75) is 20.3 Å². The zero-order chi connectivity index (χ0) is 15.7. The summed E-state index contributed by atoms with van der Waals surface area (Å²) in [5.41, 5.74) is 1.60. The maximum absolute atomic E-state index is 12.9. The third-order valence-electron chi connectivity index (χ3n) is 3.52. The van der Waals surface area contributed by atoms with Crippen molar-refractivity contribution >= 4 is 26.8 Å². The Morgan fingerprint density at radius 1 is 1.09 bits per heavy atom. The standard InChI is InChI=1S/C18H17BrN2O/c1-12(2)11-17-20-16-6-4-3-5-15(16)18(22)21(17)14-9-7-13(19)8-10-14/h3-10,12H,11H2,1-2H3. The molecule has 0 radical (unpaired) electrons. The number of para-hydroxylation sites is 1. The van der Waals surface area contributed by atoms with E-state index in [0.29, 0.717) is 11.3 Å². The van der Waals surface area contributed by atoms with Gasteiger partial charge in [0.05, 0.1) is 16.6 Å². The van der Waals surface area contributed by atoms with Crippen LogP contribution in [0.15, 0.2) is 57.8 Å². The molecule has 3 rings (SSSR count). The summed E-state index contributed by atoms with van der Waals surface area (Å²) in [4.78, 5) is 17.7. The maximum Gasteiger partial charge on any atom is 0.265 e. The van der Waals surface area contributed by atoms with Gasteiger partial charge in [0, 0.05) is 10.9 Å². The lowest BCUT2D eigenvalue weighted by Crippen LogP contribution is -2.24. The molecule has 1 heterocycles. The first-order valence-corrected chi connectivity index (χ1v) is 8.12. The second kappa shape index (κ2) is 6.05. The van der Waals surface area contributed by atoms with Crippen molar-refractivity contribution in [1.29, 1.82) is 0 Å². The van der Waals surface area contributed by atoms with Gasteiger partial charge in [0.15, 0.2) is 0 Å². The van der Waals surface area contributed by atoms with E-state index >= 15 is 0 Å². The van der Waals surface area contributed by atoms with E-state index in [1.54, 1.807) is 4.57 Å². The van der Waals surface area contributed by atoms with Crippen molar-refractivity contribution in [1.82, 2.24) is 9.55 Å². The quantitative estimate of drug-likeness (QED) is 0.699. The highest BCUT2D eigenvalue weighted by Gasteiger charge is 2.13. The average molecular weight is 357 g/mol. The van der Waals surface area contributed by atoms with Gasteiger partial charge in [-0.1, -0.05) is 41.9 Å². The molecule has 0 unspecified atom stereocenters. The van der Waals surface area contributed by atoms with Crippen LogP contribution in [0.2, 0.25) is 0 Å². The molecule has 2 aromatic carbocycles. The maximum atomic E-state index is 12.9. The van der Waals surface area contributed by atoms with Gasteiger partial charge < -0.3 is 0 Å². The minimum Gasteiger partial charge on any atom is -0.268 e. The topological polar surface area (TPSA) is 34.9 Å². The van der Waals surface area contributed by atoms with E-state index in [4.69, 9.17) is 4.98 Å². The van der Waals surface area contributed by atoms with Crippen molar-refractivity contribution in [3.05, 3.63) is 69.2 Å². The molecule has 1 aromatic heterocycles. The van der Waals surface area contributed by atoms with Crippen molar-refractivity contribution in [3.63, 3.8) is 0 Å². The van der Waals surface area contributed by atoms with E-state index in [0.717, 1.165) is 27.9 Å². The predicted molar refractivity (Wildman–Crippen MR) is 93.6 cm³/mol. The number of hydrogen-bond donors (Lipinski definition) is 0. The average Bonchev–Trinajstić information content (AvgIpc) is 2.48. The molecule has 0 aliphatic rings. The van der Waals surface area contributed by atoms with Crippen LogP contribution >= 0.6 is 15.9 Å². The highest BCUT2D eigenvalue weighted by atomic mass is 79.9. The number of halogens is 1. The molecule has 0 amide bonds. The zero-order valence-electron chi connectivity index (χ0n) is 12.6. The first-order valence-electron chi connectivity index (χ1n) is 7.33. The van der Waals surface area contributed by atoms with Crippen molar-refractivity contribution < 1.29 is 0 Å². The van der Waals surface area contributed by atoms with E-state index < -0.39 is 0 Å². The van der Waals surface area contributed by atoms with Gasteiger partial charge in [-0.2, -0.15) is 0 Å². The molecule has 0 aliphatic carbocycles. The number of rotatable bonds is 3. The molecule has 22 heavy (non-hydrogen) atoms. The molecule has 4 heteroatoms. The van der Waals surface area contributed by atoms with Crippen LogP contribution in [-0.4, -0.2) is 9.55 Å². The van der Waals surface area contributed by atoms with Crippen LogP contribution in [-0.2, 0) is 6.42 Å². The van der Waals surface area contributed by atoms with E-state index in [2.05, 4.69) is 29.8 Å². The van der Waals surface area contributed by atoms with Gasteiger partial charge in [-0.05, 0) is 42.3 Å². The van der Waals surface area contributed by atoms with Gasteiger partial charge in [0.1, 0.15) is 5.82 Å². The van der Waals surface area contributed by atoms with E-state index in [9.17, 15) is 4.79 Å². The smallest absolute Gasteiger partial charge is 0.265 e. The van der Waals surface area contributed by atoms with Crippen LogP contribution in [0, 0.1) is 5.92 Å². The summed E-state index contributed by atoms with van der Waals surface area (Å²) in [5.74, 6) is 1.23. The van der Waals surface area contributed by atoms with Crippen LogP contribution in [0.1, 0.15) is 19.7 Å². The predicted octanol–water partition coefficient (Wildman–Crippen LogP) is 4.35. The lowest BCUT2D eigenvalue weighted by atomic mass is 10.1. The summed E-state index contributed by atoms with van der Waals surface area (Å²) in [6.45, 7) is 4.26. The Hall–Kier alpha value is -1.94. The minimum atomic E-state index is -0.0106. The Balaban J connectivity index is 2.32. The Morgan fingerprint density at radius 3 is 2.45 bits per heavy atom. The van der Waals surface area contributed by atoms with Crippen LogP contribution < -0.4 is 5.56 Å². The molecule has 0 N–H and O–H groups in total. The highest BCUT2D eigenvalue weighted by molar-refractivity contribution is 9.10. The Morgan fingerprint density at radius 2 is 1.77 bits per heavy atom. The molecule has 112 valence electrons. The third-order valence-corrected chi connectivity index (χ3v) is 4.05. The second-order valence-electron chi connectivity index (χ2n) is 5.76. The summed E-state index contributed by atoms with van der Waals surface area (Å²) in [6.07, 6.45) is 0.760. The number of nitrogens with zero attached hydrogens (tertiary/aromatic N) is 2.